The molecule has 0 aliphatic heterocycles. The van der Waals surface area contributed by atoms with Gasteiger partial charge in [-0.3, -0.25) is 0 Å². The zero-order valence-corrected chi connectivity index (χ0v) is 13.2. The Morgan fingerprint density at radius 1 is 1.50 bits per heavy atom. The van der Waals surface area contributed by atoms with Crippen LogP contribution < -0.4 is 10.6 Å². The molecule has 1 unspecified atom stereocenters. The van der Waals surface area contributed by atoms with Gasteiger partial charge in [0.2, 0.25) is 0 Å². The predicted molar refractivity (Wildman–Crippen MR) is 87.9 cm³/mol. The van der Waals surface area contributed by atoms with Crippen molar-refractivity contribution < 1.29 is 0 Å². The number of hydrogen-bond donors (Lipinski definition) is 1. The summed E-state index contributed by atoms with van der Waals surface area (Å²) in [5, 5.41) is 0. The fourth-order valence-electron chi connectivity index (χ4n) is 2.05. The van der Waals surface area contributed by atoms with Crippen LogP contribution in [-0.4, -0.2) is 30.1 Å². The molecule has 0 heterocycles. The van der Waals surface area contributed by atoms with Crippen molar-refractivity contribution in [3.05, 3.63) is 29.3 Å². The van der Waals surface area contributed by atoms with Gasteiger partial charge < -0.3 is 10.6 Å². The Hall–Kier alpha value is -0.740. The minimum absolute atomic E-state index is 0.470. The third-order valence-corrected chi connectivity index (χ3v) is 4.20. The van der Waals surface area contributed by atoms with E-state index in [2.05, 4.69) is 44.2 Å². The van der Waals surface area contributed by atoms with Crippen LogP contribution >= 0.6 is 24.0 Å². The third-order valence-electron chi connectivity index (χ3n) is 3.26. The summed E-state index contributed by atoms with van der Waals surface area (Å²) in [6.07, 6.45) is 3.30. The van der Waals surface area contributed by atoms with Gasteiger partial charge in [-0.25, -0.2) is 0 Å². The molecule has 18 heavy (non-hydrogen) atoms. The molecule has 0 aliphatic rings. The number of rotatable bonds is 6. The van der Waals surface area contributed by atoms with E-state index in [1.165, 1.54) is 5.69 Å². The zero-order valence-electron chi connectivity index (χ0n) is 11.6. The fraction of sp³-hybridized carbons (Fsp3) is 0.500. The first-order valence-electron chi connectivity index (χ1n) is 6.13. The summed E-state index contributed by atoms with van der Waals surface area (Å²) >= 11 is 6.92. The van der Waals surface area contributed by atoms with E-state index in [0.717, 1.165) is 23.3 Å². The van der Waals surface area contributed by atoms with Gasteiger partial charge in [0, 0.05) is 30.1 Å². The van der Waals surface area contributed by atoms with Gasteiger partial charge in [-0.05, 0) is 43.4 Å². The molecule has 2 N–H and O–H groups in total. The first-order chi connectivity index (χ1) is 8.51. The molecule has 100 valence electrons. The minimum Gasteiger partial charge on any atom is -0.389 e. The molecular formula is C14H22N2S2. The molecule has 0 amide bonds. The fourth-order valence-corrected chi connectivity index (χ4v) is 3.12. The van der Waals surface area contributed by atoms with Gasteiger partial charge in [0.05, 0.1) is 0 Å². The molecule has 0 saturated heterocycles. The Bertz CT molecular complexity index is 418. The molecule has 0 aromatic heterocycles. The Balaban J connectivity index is 2.96. The van der Waals surface area contributed by atoms with Gasteiger partial charge in [0.15, 0.2) is 0 Å². The van der Waals surface area contributed by atoms with Crippen molar-refractivity contribution in [1.29, 1.82) is 0 Å². The second-order valence-corrected chi connectivity index (χ2v) is 5.84. The van der Waals surface area contributed by atoms with E-state index >= 15 is 0 Å². The maximum absolute atomic E-state index is 5.69. The van der Waals surface area contributed by atoms with Crippen LogP contribution in [0.25, 0.3) is 0 Å². The number of anilines is 1. The largest absolute Gasteiger partial charge is 0.389 e. The lowest BCUT2D eigenvalue weighted by Gasteiger charge is -2.29. The topological polar surface area (TPSA) is 29.3 Å². The summed E-state index contributed by atoms with van der Waals surface area (Å²) in [5.41, 5.74) is 9.04. The maximum atomic E-state index is 5.69. The summed E-state index contributed by atoms with van der Waals surface area (Å²) < 4.78 is 0. The highest BCUT2D eigenvalue weighted by atomic mass is 32.2. The van der Waals surface area contributed by atoms with E-state index in [-0.39, 0.29) is 0 Å². The van der Waals surface area contributed by atoms with Crippen LogP contribution in [0.2, 0.25) is 0 Å². The van der Waals surface area contributed by atoms with Gasteiger partial charge in [-0.15, -0.1) is 0 Å². The highest BCUT2D eigenvalue weighted by molar-refractivity contribution is 7.98. The summed E-state index contributed by atoms with van der Waals surface area (Å²) in [7, 11) is 2.15. The van der Waals surface area contributed by atoms with E-state index in [9.17, 15) is 0 Å². The van der Waals surface area contributed by atoms with E-state index < -0.39 is 0 Å². The Kier molecular flexibility index (Phi) is 5.96. The minimum atomic E-state index is 0.470. The standard InChI is InChI=1S/C14H22N2S2/c1-5-11(9-18-4)16(3)12-6-7-13(14(15)17)10(2)8-12/h6-8,11H,5,9H2,1-4H3,(H2,15,17). The van der Waals surface area contributed by atoms with Crippen LogP contribution in [0.1, 0.15) is 24.5 Å². The van der Waals surface area contributed by atoms with E-state index in [1.807, 2.05) is 17.8 Å². The summed E-state index contributed by atoms with van der Waals surface area (Å²) in [6, 6.07) is 6.85. The lowest BCUT2D eigenvalue weighted by molar-refractivity contribution is 0.673. The third kappa shape index (κ3) is 3.62. The lowest BCUT2D eigenvalue weighted by atomic mass is 10.1. The molecule has 0 spiro atoms. The Morgan fingerprint density at radius 3 is 2.61 bits per heavy atom. The average Bonchev–Trinajstić information content (AvgIpc) is 2.34. The molecule has 0 radical (unpaired) electrons. The van der Waals surface area contributed by atoms with E-state index in [4.69, 9.17) is 18.0 Å². The van der Waals surface area contributed by atoms with E-state index in [1.54, 1.807) is 0 Å². The van der Waals surface area contributed by atoms with Crippen LogP contribution in [0.3, 0.4) is 0 Å². The highest BCUT2D eigenvalue weighted by Gasteiger charge is 2.13. The van der Waals surface area contributed by atoms with E-state index in [0.29, 0.717) is 11.0 Å². The number of hydrogen-bond acceptors (Lipinski definition) is 3. The molecule has 0 aliphatic carbocycles. The molecule has 4 heteroatoms. The van der Waals surface area contributed by atoms with Crippen LogP contribution in [0.5, 0.6) is 0 Å². The van der Waals surface area contributed by atoms with Crippen molar-refractivity contribution >= 4 is 34.7 Å². The Labute approximate surface area is 120 Å². The van der Waals surface area contributed by atoms with Crippen LogP contribution in [0, 0.1) is 6.92 Å². The van der Waals surface area contributed by atoms with Gasteiger partial charge in [0.1, 0.15) is 4.99 Å². The molecule has 0 fully saturated rings. The summed E-state index contributed by atoms with van der Waals surface area (Å²) in [5.74, 6) is 1.14. The molecule has 0 bridgehead atoms. The van der Waals surface area contributed by atoms with Crippen molar-refractivity contribution in [3.8, 4) is 0 Å². The van der Waals surface area contributed by atoms with Gasteiger partial charge >= 0.3 is 0 Å². The predicted octanol–water partition coefficient (Wildman–Crippen LogP) is 3.21. The summed E-state index contributed by atoms with van der Waals surface area (Å²) in [4.78, 5) is 2.81. The normalized spacial score (nSPS) is 12.2. The van der Waals surface area contributed by atoms with Gasteiger partial charge in [-0.2, -0.15) is 11.8 Å². The van der Waals surface area contributed by atoms with Crippen molar-refractivity contribution in [2.75, 3.05) is 24.0 Å². The molecule has 0 saturated carbocycles. The Morgan fingerprint density at radius 2 is 2.17 bits per heavy atom. The monoisotopic (exact) mass is 282 g/mol. The highest BCUT2D eigenvalue weighted by Crippen LogP contribution is 2.22. The number of thioether (sulfide) groups is 1. The second-order valence-electron chi connectivity index (χ2n) is 4.49. The average molecular weight is 282 g/mol. The molecule has 1 aromatic rings. The first kappa shape index (κ1) is 15.3. The number of benzene rings is 1. The van der Waals surface area contributed by atoms with Crippen LogP contribution in [0.15, 0.2) is 18.2 Å². The van der Waals surface area contributed by atoms with Crippen molar-refractivity contribution in [3.63, 3.8) is 0 Å². The van der Waals surface area contributed by atoms with Crippen molar-refractivity contribution in [1.82, 2.24) is 0 Å². The SMILES string of the molecule is CCC(CSC)N(C)c1ccc(C(N)=S)c(C)c1. The van der Waals surface area contributed by atoms with Crippen LogP contribution in [0.4, 0.5) is 5.69 Å². The number of aryl methyl sites for hydroxylation is 1. The molecule has 1 rings (SSSR count). The lowest BCUT2D eigenvalue weighted by Crippen LogP contribution is -2.33. The maximum Gasteiger partial charge on any atom is 0.104 e. The number of thiocarbonyl (C=S) groups is 1. The number of nitrogens with two attached hydrogens (primary N) is 1. The second kappa shape index (κ2) is 7.00. The van der Waals surface area contributed by atoms with Crippen molar-refractivity contribution in [2.45, 2.75) is 26.3 Å². The van der Waals surface area contributed by atoms with Gasteiger partial charge in [0.25, 0.3) is 0 Å². The number of nitrogens with zero attached hydrogens (tertiary/aromatic N) is 1. The zero-order chi connectivity index (χ0) is 13.7. The smallest absolute Gasteiger partial charge is 0.104 e. The van der Waals surface area contributed by atoms with Gasteiger partial charge in [-0.1, -0.05) is 19.1 Å². The molecule has 1 aromatic carbocycles. The molecule has 2 nitrogen and oxygen atoms in total. The molecule has 1 atom stereocenters. The quantitative estimate of drug-likeness (QED) is 0.811. The first-order valence-corrected chi connectivity index (χ1v) is 7.93. The summed E-state index contributed by atoms with van der Waals surface area (Å²) in [6.45, 7) is 4.29. The molecular weight excluding hydrogens is 260 g/mol. The van der Waals surface area contributed by atoms with Crippen molar-refractivity contribution in [2.24, 2.45) is 5.73 Å². The van der Waals surface area contributed by atoms with Crippen LogP contribution in [-0.2, 0) is 0 Å².